The van der Waals surface area contributed by atoms with Crippen molar-refractivity contribution in [1.82, 2.24) is 9.88 Å². The summed E-state index contributed by atoms with van der Waals surface area (Å²) >= 11 is 1.81. The monoisotopic (exact) mass is 254 g/mol. The van der Waals surface area contributed by atoms with Crippen molar-refractivity contribution in [1.29, 1.82) is 0 Å². The van der Waals surface area contributed by atoms with Crippen molar-refractivity contribution < 1.29 is 5.11 Å². The number of hydrogen-bond donors (Lipinski definition) is 1. The van der Waals surface area contributed by atoms with Gasteiger partial charge in [-0.25, -0.2) is 4.98 Å². The van der Waals surface area contributed by atoms with Gasteiger partial charge in [0.25, 0.3) is 0 Å². The molecule has 2 unspecified atom stereocenters. The van der Waals surface area contributed by atoms with E-state index in [4.69, 9.17) is 0 Å². The summed E-state index contributed by atoms with van der Waals surface area (Å²) in [6.07, 6.45) is 3.17. The number of aromatic nitrogens is 1. The molecule has 1 N–H and O–H groups in total. The Kier molecular flexibility index (Phi) is 4.17. The number of hydrogen-bond acceptors (Lipinski definition) is 4. The molecule has 1 aromatic heterocycles. The van der Waals surface area contributed by atoms with Gasteiger partial charge in [-0.1, -0.05) is 0 Å². The fourth-order valence-electron chi connectivity index (χ4n) is 2.54. The maximum atomic E-state index is 9.51. The standard InChI is InChI=1S/C13H22N2OS/c1-9(16)7-12-5-4-6-15(12)8-13-14-10(2)11(3)17-13/h9,12,16H,4-8H2,1-3H3. The Morgan fingerprint density at radius 1 is 1.53 bits per heavy atom. The van der Waals surface area contributed by atoms with Gasteiger partial charge in [0.1, 0.15) is 5.01 Å². The highest BCUT2D eigenvalue weighted by Gasteiger charge is 2.26. The number of aliphatic hydroxyl groups is 1. The molecule has 0 amide bonds. The second kappa shape index (κ2) is 5.46. The number of rotatable bonds is 4. The van der Waals surface area contributed by atoms with Crippen LogP contribution in [0.25, 0.3) is 0 Å². The van der Waals surface area contributed by atoms with Crippen LogP contribution in [0.5, 0.6) is 0 Å². The van der Waals surface area contributed by atoms with E-state index >= 15 is 0 Å². The van der Waals surface area contributed by atoms with Crippen molar-refractivity contribution in [3.63, 3.8) is 0 Å². The molecule has 2 rings (SSSR count). The number of likely N-dealkylation sites (tertiary alicyclic amines) is 1. The third-order valence-electron chi connectivity index (χ3n) is 3.52. The summed E-state index contributed by atoms with van der Waals surface area (Å²) in [4.78, 5) is 8.40. The van der Waals surface area contributed by atoms with Gasteiger partial charge in [-0.15, -0.1) is 11.3 Å². The first-order valence-electron chi connectivity index (χ1n) is 6.41. The van der Waals surface area contributed by atoms with E-state index in [1.54, 1.807) is 11.3 Å². The van der Waals surface area contributed by atoms with Crippen LogP contribution in [-0.2, 0) is 6.54 Å². The quantitative estimate of drug-likeness (QED) is 0.897. The largest absolute Gasteiger partial charge is 0.393 e. The number of aryl methyl sites for hydroxylation is 2. The third kappa shape index (κ3) is 3.27. The van der Waals surface area contributed by atoms with E-state index in [2.05, 4.69) is 23.7 Å². The molecule has 1 aromatic rings. The zero-order valence-electron chi connectivity index (χ0n) is 10.9. The molecule has 1 fully saturated rings. The molecule has 0 radical (unpaired) electrons. The molecule has 0 aliphatic carbocycles. The van der Waals surface area contributed by atoms with E-state index < -0.39 is 0 Å². The van der Waals surface area contributed by atoms with Gasteiger partial charge < -0.3 is 5.11 Å². The van der Waals surface area contributed by atoms with Crippen LogP contribution in [0, 0.1) is 13.8 Å². The first-order chi connectivity index (χ1) is 8.06. The fourth-order valence-corrected chi connectivity index (χ4v) is 3.50. The van der Waals surface area contributed by atoms with Crippen LogP contribution in [0.3, 0.4) is 0 Å². The summed E-state index contributed by atoms with van der Waals surface area (Å²) in [5.74, 6) is 0. The van der Waals surface area contributed by atoms with Crippen molar-refractivity contribution in [2.75, 3.05) is 6.54 Å². The Labute approximate surface area is 107 Å². The molecule has 1 aliphatic rings. The van der Waals surface area contributed by atoms with Crippen LogP contribution in [-0.4, -0.2) is 33.7 Å². The molecule has 0 aromatic carbocycles. The van der Waals surface area contributed by atoms with Crippen molar-refractivity contribution in [3.8, 4) is 0 Å². The second-order valence-corrected chi connectivity index (χ2v) is 6.39. The molecule has 96 valence electrons. The van der Waals surface area contributed by atoms with Crippen LogP contribution in [0.2, 0.25) is 0 Å². The molecule has 0 spiro atoms. The van der Waals surface area contributed by atoms with Crippen LogP contribution in [0.4, 0.5) is 0 Å². The maximum Gasteiger partial charge on any atom is 0.107 e. The molecule has 0 bridgehead atoms. The zero-order valence-corrected chi connectivity index (χ0v) is 11.8. The summed E-state index contributed by atoms with van der Waals surface area (Å²) in [5.41, 5.74) is 1.16. The lowest BCUT2D eigenvalue weighted by molar-refractivity contribution is 0.130. The van der Waals surface area contributed by atoms with Crippen LogP contribution < -0.4 is 0 Å². The third-order valence-corrected chi connectivity index (χ3v) is 4.58. The topological polar surface area (TPSA) is 36.4 Å². The SMILES string of the molecule is Cc1nc(CN2CCCC2CC(C)O)sc1C. The Hall–Kier alpha value is -0.450. The first-order valence-corrected chi connectivity index (χ1v) is 7.23. The van der Waals surface area contributed by atoms with Gasteiger partial charge in [0.2, 0.25) is 0 Å². The normalized spacial score (nSPS) is 23.2. The minimum atomic E-state index is -0.194. The lowest BCUT2D eigenvalue weighted by atomic mass is 10.1. The zero-order chi connectivity index (χ0) is 12.4. The Morgan fingerprint density at radius 3 is 2.88 bits per heavy atom. The van der Waals surface area contributed by atoms with E-state index in [0.29, 0.717) is 6.04 Å². The van der Waals surface area contributed by atoms with Crippen molar-refractivity contribution >= 4 is 11.3 Å². The molecule has 3 nitrogen and oxygen atoms in total. The van der Waals surface area contributed by atoms with E-state index in [1.165, 1.54) is 22.7 Å². The molecule has 1 aliphatic heterocycles. The summed E-state index contributed by atoms with van der Waals surface area (Å²) in [5, 5.41) is 10.7. The molecular weight excluding hydrogens is 232 g/mol. The van der Waals surface area contributed by atoms with Gasteiger partial charge in [-0.3, -0.25) is 4.90 Å². The van der Waals surface area contributed by atoms with Crippen molar-refractivity contribution in [2.24, 2.45) is 0 Å². The summed E-state index contributed by atoms with van der Waals surface area (Å²) in [6, 6.07) is 0.541. The van der Waals surface area contributed by atoms with Crippen LogP contribution in [0.15, 0.2) is 0 Å². The number of aliphatic hydroxyl groups excluding tert-OH is 1. The first kappa shape index (κ1) is 13.0. The Balaban J connectivity index is 1.97. The van der Waals surface area contributed by atoms with Gasteiger partial charge in [0.05, 0.1) is 18.3 Å². The van der Waals surface area contributed by atoms with Crippen molar-refractivity contribution in [2.45, 2.75) is 58.7 Å². The summed E-state index contributed by atoms with van der Waals surface area (Å²) in [6.45, 7) is 8.19. The van der Waals surface area contributed by atoms with Gasteiger partial charge >= 0.3 is 0 Å². The number of thiazole rings is 1. The predicted octanol–water partition coefficient (Wildman–Crippen LogP) is 2.50. The van der Waals surface area contributed by atoms with E-state index in [-0.39, 0.29) is 6.10 Å². The lowest BCUT2D eigenvalue weighted by Crippen LogP contribution is -2.31. The highest BCUT2D eigenvalue weighted by molar-refractivity contribution is 7.11. The summed E-state index contributed by atoms with van der Waals surface area (Å²) < 4.78 is 0. The maximum absolute atomic E-state index is 9.51. The minimum absolute atomic E-state index is 0.194. The fraction of sp³-hybridized carbons (Fsp3) is 0.769. The van der Waals surface area contributed by atoms with Gasteiger partial charge in [-0.05, 0) is 46.6 Å². The summed E-state index contributed by atoms with van der Waals surface area (Å²) in [7, 11) is 0. The van der Waals surface area contributed by atoms with E-state index in [9.17, 15) is 5.11 Å². The van der Waals surface area contributed by atoms with Gasteiger partial charge in [0.15, 0.2) is 0 Å². The molecule has 1 saturated heterocycles. The molecule has 4 heteroatoms. The van der Waals surface area contributed by atoms with Crippen molar-refractivity contribution in [3.05, 3.63) is 15.6 Å². The molecule has 0 saturated carbocycles. The van der Waals surface area contributed by atoms with Crippen LogP contribution in [0.1, 0.15) is 41.8 Å². The molecular formula is C13H22N2OS. The van der Waals surface area contributed by atoms with Crippen LogP contribution >= 0.6 is 11.3 Å². The molecule has 17 heavy (non-hydrogen) atoms. The average molecular weight is 254 g/mol. The van der Waals surface area contributed by atoms with Gasteiger partial charge in [-0.2, -0.15) is 0 Å². The van der Waals surface area contributed by atoms with Gasteiger partial charge in [0, 0.05) is 10.9 Å². The Morgan fingerprint density at radius 2 is 2.29 bits per heavy atom. The molecule has 2 atom stereocenters. The number of nitrogens with zero attached hydrogens (tertiary/aromatic N) is 2. The molecule has 2 heterocycles. The second-order valence-electron chi connectivity index (χ2n) is 5.10. The highest BCUT2D eigenvalue weighted by Crippen LogP contribution is 2.25. The lowest BCUT2D eigenvalue weighted by Gasteiger charge is -2.24. The van der Waals surface area contributed by atoms with E-state index in [0.717, 1.165) is 25.2 Å². The average Bonchev–Trinajstić information content (AvgIpc) is 2.76. The Bertz CT molecular complexity index is 356. The smallest absolute Gasteiger partial charge is 0.107 e. The van der Waals surface area contributed by atoms with E-state index in [1.807, 2.05) is 6.92 Å². The minimum Gasteiger partial charge on any atom is -0.393 e. The predicted molar refractivity (Wildman–Crippen MR) is 71.3 cm³/mol. The highest BCUT2D eigenvalue weighted by atomic mass is 32.1.